The lowest BCUT2D eigenvalue weighted by Gasteiger charge is -2.09. The molecular weight excluding hydrogens is 350 g/mol. The van der Waals surface area contributed by atoms with E-state index < -0.39 is 5.95 Å². The van der Waals surface area contributed by atoms with Gasteiger partial charge in [0.2, 0.25) is 11.6 Å². The standard InChI is InChI=1S/C19H19N3O3S/c1-13-7-6-10-16(14(13)2)20-17(23)11-12-26-18-19(24)25-21-22(18)15-8-4-3-5-9-15/h3-10H,11-12H2,1-2H3,(H-,20,21,23,24). The minimum absolute atomic E-state index is 0.0960. The van der Waals surface area contributed by atoms with Crippen molar-refractivity contribution >= 4 is 23.4 Å². The third-order valence-corrected chi connectivity index (χ3v) is 5.04. The molecule has 2 aromatic carbocycles. The molecule has 6 nitrogen and oxygen atoms in total. The van der Waals surface area contributed by atoms with Crippen molar-refractivity contribution in [3.05, 3.63) is 59.7 Å². The van der Waals surface area contributed by atoms with E-state index in [1.165, 1.54) is 16.4 Å². The van der Waals surface area contributed by atoms with Gasteiger partial charge in [-0.25, -0.2) is 0 Å². The van der Waals surface area contributed by atoms with E-state index in [4.69, 9.17) is 4.52 Å². The van der Waals surface area contributed by atoms with Crippen molar-refractivity contribution in [3.8, 4) is 11.6 Å². The summed E-state index contributed by atoms with van der Waals surface area (Å²) in [5.41, 5.74) is 3.73. The first-order valence-corrected chi connectivity index (χ1v) is 9.18. The highest BCUT2D eigenvalue weighted by Crippen LogP contribution is 2.24. The van der Waals surface area contributed by atoms with E-state index in [0.29, 0.717) is 10.8 Å². The third-order valence-electron chi connectivity index (χ3n) is 4.02. The van der Waals surface area contributed by atoms with Gasteiger partial charge in [0.15, 0.2) is 5.95 Å². The molecular formula is C19H19N3O3S. The Labute approximate surface area is 155 Å². The maximum absolute atomic E-state index is 12.2. The van der Waals surface area contributed by atoms with Crippen LogP contribution in [0.1, 0.15) is 17.5 Å². The van der Waals surface area contributed by atoms with Crippen LogP contribution in [-0.4, -0.2) is 16.9 Å². The van der Waals surface area contributed by atoms with Crippen LogP contribution in [0.15, 0.2) is 58.1 Å². The SMILES string of the molecule is Cc1cccc(NC(=O)CCSc2c([O-])on[n+]2-c2ccccc2)c1C. The number of anilines is 1. The molecule has 134 valence electrons. The molecule has 26 heavy (non-hydrogen) atoms. The average Bonchev–Trinajstić information content (AvgIpc) is 3.01. The van der Waals surface area contributed by atoms with Crippen molar-refractivity contribution in [2.24, 2.45) is 0 Å². The summed E-state index contributed by atoms with van der Waals surface area (Å²) in [5.74, 6) is -0.157. The zero-order valence-corrected chi connectivity index (χ0v) is 15.4. The molecule has 0 spiro atoms. The van der Waals surface area contributed by atoms with Crippen LogP contribution in [0.25, 0.3) is 5.69 Å². The summed E-state index contributed by atoms with van der Waals surface area (Å²) in [6, 6.07) is 15.1. The summed E-state index contributed by atoms with van der Waals surface area (Å²) in [5, 5.41) is 18.9. The van der Waals surface area contributed by atoms with Crippen LogP contribution < -0.4 is 15.1 Å². The molecule has 0 unspecified atom stereocenters. The van der Waals surface area contributed by atoms with Crippen molar-refractivity contribution in [2.75, 3.05) is 11.1 Å². The second-order valence-electron chi connectivity index (χ2n) is 5.81. The fourth-order valence-electron chi connectivity index (χ4n) is 2.43. The molecule has 3 rings (SSSR count). The number of carbonyl (C=O) groups is 1. The van der Waals surface area contributed by atoms with Gasteiger partial charge < -0.3 is 14.9 Å². The van der Waals surface area contributed by atoms with Crippen LogP contribution in [0.2, 0.25) is 0 Å². The summed E-state index contributed by atoms with van der Waals surface area (Å²) < 4.78 is 6.22. The maximum Gasteiger partial charge on any atom is 0.297 e. The quantitative estimate of drug-likeness (QED) is 0.534. The Balaban J connectivity index is 1.61. The highest BCUT2D eigenvalue weighted by Gasteiger charge is 2.21. The van der Waals surface area contributed by atoms with Crippen LogP contribution >= 0.6 is 11.8 Å². The number of carbonyl (C=O) groups excluding carboxylic acids is 1. The Bertz CT molecular complexity index is 910. The van der Waals surface area contributed by atoms with Gasteiger partial charge in [-0.05, 0) is 35.7 Å². The zero-order valence-electron chi connectivity index (χ0n) is 14.6. The molecule has 0 aliphatic rings. The number of amides is 1. The highest BCUT2D eigenvalue weighted by atomic mass is 32.2. The van der Waals surface area contributed by atoms with Gasteiger partial charge in [0.05, 0.1) is 5.27 Å². The summed E-state index contributed by atoms with van der Waals surface area (Å²) >= 11 is 1.25. The molecule has 0 aliphatic heterocycles. The van der Waals surface area contributed by atoms with Crippen LogP contribution in [0.5, 0.6) is 5.95 Å². The van der Waals surface area contributed by atoms with Crippen molar-refractivity contribution in [2.45, 2.75) is 25.3 Å². The molecule has 1 aromatic heterocycles. The predicted octanol–water partition coefficient (Wildman–Crippen LogP) is 2.76. The van der Waals surface area contributed by atoms with Gasteiger partial charge in [0.1, 0.15) is 0 Å². The van der Waals surface area contributed by atoms with E-state index in [2.05, 4.69) is 10.6 Å². The van der Waals surface area contributed by atoms with Crippen LogP contribution in [0, 0.1) is 13.8 Å². The van der Waals surface area contributed by atoms with Crippen molar-refractivity contribution in [3.63, 3.8) is 0 Å². The lowest BCUT2D eigenvalue weighted by atomic mass is 10.1. The van der Waals surface area contributed by atoms with Gasteiger partial charge in [-0.1, -0.05) is 42.1 Å². The molecule has 0 saturated heterocycles. The Morgan fingerprint density at radius 1 is 1.19 bits per heavy atom. The number of hydrogen-bond donors (Lipinski definition) is 1. The van der Waals surface area contributed by atoms with Crippen LogP contribution in [0.3, 0.4) is 0 Å². The van der Waals surface area contributed by atoms with Crippen molar-refractivity contribution in [1.82, 2.24) is 5.27 Å². The highest BCUT2D eigenvalue weighted by molar-refractivity contribution is 7.99. The molecule has 1 amide bonds. The molecule has 1 N–H and O–H groups in total. The molecule has 0 fully saturated rings. The predicted molar refractivity (Wildman–Crippen MR) is 97.4 cm³/mol. The summed E-state index contributed by atoms with van der Waals surface area (Å²) in [6.07, 6.45) is 0.275. The number of rotatable bonds is 6. The zero-order chi connectivity index (χ0) is 18.5. The minimum atomic E-state index is -0.506. The first kappa shape index (κ1) is 18.0. The van der Waals surface area contributed by atoms with Crippen molar-refractivity contribution in [1.29, 1.82) is 0 Å². The molecule has 0 atom stereocenters. The topological polar surface area (TPSA) is 82.1 Å². The molecule has 1 heterocycles. The van der Waals surface area contributed by atoms with Gasteiger partial charge in [-0.15, -0.1) is 0 Å². The monoisotopic (exact) mass is 369 g/mol. The first-order valence-electron chi connectivity index (χ1n) is 8.19. The number of aromatic nitrogens is 2. The number of nitrogens with one attached hydrogen (secondary N) is 1. The number of para-hydroxylation sites is 1. The van der Waals surface area contributed by atoms with E-state index in [0.717, 1.165) is 22.5 Å². The first-order chi connectivity index (χ1) is 12.6. The Morgan fingerprint density at radius 2 is 1.96 bits per heavy atom. The largest absolute Gasteiger partial charge is 0.538 e. The third kappa shape index (κ3) is 4.05. The second kappa shape index (κ2) is 8.05. The maximum atomic E-state index is 12.2. The van der Waals surface area contributed by atoms with Crippen molar-refractivity contribution < 1.29 is 19.1 Å². The number of hydrogen-bond acceptors (Lipinski definition) is 5. The van der Waals surface area contributed by atoms with E-state index >= 15 is 0 Å². The summed E-state index contributed by atoms with van der Waals surface area (Å²) in [6.45, 7) is 3.98. The average molecular weight is 369 g/mol. The molecule has 3 aromatic rings. The van der Waals surface area contributed by atoms with Crippen LogP contribution in [0.4, 0.5) is 5.69 Å². The summed E-state index contributed by atoms with van der Waals surface area (Å²) in [4.78, 5) is 12.2. The lowest BCUT2D eigenvalue weighted by Crippen LogP contribution is -2.34. The molecule has 0 bridgehead atoms. The Hall–Kier alpha value is -2.80. The fraction of sp³-hybridized carbons (Fsp3) is 0.211. The molecule has 0 saturated carbocycles. The lowest BCUT2D eigenvalue weighted by molar-refractivity contribution is -0.705. The number of nitrogens with zero attached hydrogens (tertiary/aromatic N) is 2. The smallest absolute Gasteiger partial charge is 0.297 e. The van der Waals surface area contributed by atoms with E-state index in [1.807, 2.05) is 62.4 Å². The van der Waals surface area contributed by atoms with Gasteiger partial charge in [-0.2, -0.15) is 0 Å². The fourth-order valence-corrected chi connectivity index (χ4v) is 3.33. The van der Waals surface area contributed by atoms with E-state index in [9.17, 15) is 9.90 Å². The Kier molecular flexibility index (Phi) is 5.58. The summed E-state index contributed by atoms with van der Waals surface area (Å²) in [7, 11) is 0. The number of benzene rings is 2. The number of aryl methyl sites for hydroxylation is 1. The number of thioether (sulfide) groups is 1. The normalized spacial score (nSPS) is 10.7. The van der Waals surface area contributed by atoms with Gasteiger partial charge >= 0.3 is 0 Å². The second-order valence-corrected chi connectivity index (χ2v) is 6.89. The minimum Gasteiger partial charge on any atom is -0.538 e. The van der Waals surface area contributed by atoms with Gasteiger partial charge in [0.25, 0.3) is 5.03 Å². The molecule has 0 radical (unpaired) electrons. The van der Waals surface area contributed by atoms with Crippen LogP contribution in [-0.2, 0) is 4.79 Å². The van der Waals surface area contributed by atoms with Gasteiger partial charge in [0, 0.05) is 30.0 Å². The van der Waals surface area contributed by atoms with Gasteiger partial charge in [-0.3, -0.25) is 4.79 Å². The van der Waals surface area contributed by atoms with E-state index in [1.54, 1.807) is 0 Å². The molecule has 7 heteroatoms. The Morgan fingerprint density at radius 3 is 2.73 bits per heavy atom. The molecule has 0 aliphatic carbocycles. The van der Waals surface area contributed by atoms with E-state index in [-0.39, 0.29) is 12.3 Å².